The summed E-state index contributed by atoms with van der Waals surface area (Å²) in [6, 6.07) is 113. The molecule has 1 nitrogen and oxygen atoms in total. The zero-order valence-corrected chi connectivity index (χ0v) is 43.3. The Labute approximate surface area is 447 Å². The molecule has 12 aromatic carbocycles. The fraction of sp³-hybridized carbons (Fsp3) is 0.0270. The van der Waals surface area contributed by atoms with Gasteiger partial charge in [0, 0.05) is 22.5 Å². The summed E-state index contributed by atoms with van der Waals surface area (Å²) in [5, 5.41) is 5.67. The first-order valence-electron chi connectivity index (χ1n) is 26.5. The molecule has 14 rings (SSSR count). The van der Waals surface area contributed by atoms with Crippen molar-refractivity contribution in [1.29, 1.82) is 0 Å². The van der Waals surface area contributed by atoms with Crippen molar-refractivity contribution in [1.82, 2.24) is 0 Å². The minimum Gasteiger partial charge on any atom is -0.310 e. The Balaban J connectivity index is 1.01. The lowest BCUT2D eigenvalue weighted by molar-refractivity contribution is 0.714. The summed E-state index contributed by atoms with van der Waals surface area (Å²) in [7, 11) is -2.75. The van der Waals surface area contributed by atoms with Crippen molar-refractivity contribution in [3.8, 4) is 66.8 Å². The van der Waals surface area contributed by atoms with Crippen LogP contribution in [0.15, 0.2) is 303 Å². The van der Waals surface area contributed by atoms with Crippen LogP contribution in [0.4, 0.5) is 17.1 Å². The van der Waals surface area contributed by atoms with E-state index in [9.17, 15) is 0 Å². The highest BCUT2D eigenvalue weighted by molar-refractivity contribution is 7.22. The van der Waals surface area contributed by atoms with Crippen LogP contribution in [0.1, 0.15) is 23.6 Å². The van der Waals surface area contributed by atoms with E-state index in [-0.39, 0.29) is 5.41 Å². The maximum absolute atomic E-state index is 2.75. The van der Waals surface area contributed by atoms with Gasteiger partial charge in [-0.05, 0) is 154 Å². The van der Waals surface area contributed by atoms with Crippen LogP contribution in [0.2, 0.25) is 0 Å². The molecule has 0 amide bonds. The average Bonchev–Trinajstić information content (AvgIpc) is 4.15. The minimum atomic E-state index is -2.75. The van der Waals surface area contributed by atoms with Gasteiger partial charge in [-0.2, -0.15) is 0 Å². The molecular formula is C74H53NSi. The lowest BCUT2D eigenvalue weighted by atomic mass is 9.74. The van der Waals surface area contributed by atoms with Gasteiger partial charge in [-0.15, -0.1) is 0 Å². The Kier molecular flexibility index (Phi) is 11.1. The molecule has 0 aromatic heterocycles. The molecule has 1 heterocycles. The van der Waals surface area contributed by atoms with Gasteiger partial charge in [-0.1, -0.05) is 261 Å². The molecule has 1 atom stereocenters. The molecule has 1 aliphatic heterocycles. The predicted molar refractivity (Wildman–Crippen MR) is 323 cm³/mol. The van der Waals surface area contributed by atoms with Gasteiger partial charge in [0.2, 0.25) is 0 Å². The van der Waals surface area contributed by atoms with Gasteiger partial charge in [0.1, 0.15) is 0 Å². The number of anilines is 3. The van der Waals surface area contributed by atoms with E-state index in [0.29, 0.717) is 0 Å². The second-order valence-corrected chi connectivity index (χ2v) is 24.2. The van der Waals surface area contributed by atoms with Crippen molar-refractivity contribution in [2.24, 2.45) is 0 Å². The van der Waals surface area contributed by atoms with Gasteiger partial charge in [-0.25, -0.2) is 0 Å². The van der Waals surface area contributed by atoms with Gasteiger partial charge in [0.15, 0.2) is 8.07 Å². The third-order valence-electron chi connectivity index (χ3n) is 16.4. The van der Waals surface area contributed by atoms with Crippen LogP contribution in [-0.4, -0.2) is 8.07 Å². The summed E-state index contributed by atoms with van der Waals surface area (Å²) in [6.45, 7) is 2.41. The summed E-state index contributed by atoms with van der Waals surface area (Å²) in [5.74, 6) is 0. The SMILES string of the molecule is CC1(c2ccccc2)c2ccccc2-c2ccc(N(c3cc(-c4ccccc4)cc(-c4ccccc4)c3)c3ccc(-c4cccc([Si]5(c6ccccc6)c6ccccc6-c6ccccc65)c4)c(-c4ccccc4)c3)cc21. The molecule has 2 aliphatic rings. The third-order valence-corrected chi connectivity index (χ3v) is 21.3. The van der Waals surface area contributed by atoms with Gasteiger partial charge < -0.3 is 4.90 Å². The molecule has 1 unspecified atom stereocenters. The highest BCUT2D eigenvalue weighted by atomic mass is 28.3. The van der Waals surface area contributed by atoms with Crippen LogP contribution in [0, 0.1) is 0 Å². The van der Waals surface area contributed by atoms with Crippen molar-refractivity contribution >= 4 is 45.9 Å². The predicted octanol–water partition coefficient (Wildman–Crippen LogP) is 16.5. The standard InChI is InChI=1S/C74H53NSi/c1-74(58-31-13-5-14-32-58)70-39-20-17-36-65(70)66-45-43-60(51-71(66)74)75(61-47-56(52-24-7-2-8-25-52)46-57(48-61)53-26-9-3-10-27-53)59-42-44-64(69(50-59)54-28-11-4-12-29-54)55-30-23-35-63(49-55)76(62-33-15-6-16-34-62)72-40-21-18-37-67(72)68-38-19-22-41-73(68)76/h2-51H,1H3. The third kappa shape index (κ3) is 7.28. The molecular weight excluding hydrogens is 931 g/mol. The smallest absolute Gasteiger partial charge is 0.180 e. The van der Waals surface area contributed by atoms with E-state index in [1.54, 1.807) is 0 Å². The lowest BCUT2D eigenvalue weighted by Gasteiger charge is -2.32. The minimum absolute atomic E-state index is 0.374. The first-order chi connectivity index (χ1) is 37.6. The molecule has 0 radical (unpaired) electrons. The van der Waals surface area contributed by atoms with E-state index in [1.165, 1.54) is 93.1 Å². The van der Waals surface area contributed by atoms with Crippen molar-refractivity contribution < 1.29 is 0 Å². The summed E-state index contributed by atoms with van der Waals surface area (Å²) >= 11 is 0. The number of hydrogen-bond acceptors (Lipinski definition) is 1. The van der Waals surface area contributed by atoms with Crippen LogP contribution in [0.25, 0.3) is 66.8 Å². The summed E-state index contributed by atoms with van der Waals surface area (Å²) in [4.78, 5) is 2.50. The molecule has 358 valence electrons. The van der Waals surface area contributed by atoms with Crippen LogP contribution in [-0.2, 0) is 5.41 Å². The second kappa shape index (κ2) is 18.5. The molecule has 12 aromatic rings. The summed E-state index contributed by atoms with van der Waals surface area (Å²) < 4.78 is 0. The van der Waals surface area contributed by atoms with Gasteiger partial charge in [-0.3, -0.25) is 0 Å². The van der Waals surface area contributed by atoms with E-state index in [2.05, 4.69) is 315 Å². The molecule has 0 N–H and O–H groups in total. The molecule has 0 saturated heterocycles. The van der Waals surface area contributed by atoms with E-state index >= 15 is 0 Å². The normalized spacial score (nSPS) is 14.5. The number of fused-ring (bicyclic) bond motifs is 6. The van der Waals surface area contributed by atoms with Crippen LogP contribution < -0.4 is 25.6 Å². The number of nitrogens with zero attached hydrogens (tertiary/aromatic N) is 1. The largest absolute Gasteiger partial charge is 0.310 e. The van der Waals surface area contributed by atoms with E-state index in [0.717, 1.165) is 28.2 Å². The van der Waals surface area contributed by atoms with E-state index in [1.807, 2.05) is 0 Å². The van der Waals surface area contributed by atoms with Crippen LogP contribution in [0.5, 0.6) is 0 Å². The maximum Gasteiger partial charge on any atom is 0.180 e. The Hall–Kier alpha value is -9.34. The first-order valence-corrected chi connectivity index (χ1v) is 28.5. The first kappa shape index (κ1) is 45.3. The zero-order chi connectivity index (χ0) is 50.6. The van der Waals surface area contributed by atoms with Crippen LogP contribution in [0.3, 0.4) is 0 Å². The molecule has 76 heavy (non-hydrogen) atoms. The maximum atomic E-state index is 2.52. The Morgan fingerprint density at radius 1 is 0.263 bits per heavy atom. The monoisotopic (exact) mass is 983 g/mol. The lowest BCUT2D eigenvalue weighted by Crippen LogP contribution is -2.72. The highest BCUT2D eigenvalue weighted by Gasteiger charge is 2.48. The summed E-state index contributed by atoms with van der Waals surface area (Å²) in [6.07, 6.45) is 0. The number of rotatable bonds is 10. The van der Waals surface area contributed by atoms with Crippen molar-refractivity contribution in [2.45, 2.75) is 12.3 Å². The molecule has 2 heteroatoms. The fourth-order valence-corrected chi connectivity index (χ4v) is 18.1. The van der Waals surface area contributed by atoms with Crippen molar-refractivity contribution in [2.75, 3.05) is 4.90 Å². The Morgan fingerprint density at radius 2 is 0.724 bits per heavy atom. The molecule has 0 bridgehead atoms. The van der Waals surface area contributed by atoms with Gasteiger partial charge >= 0.3 is 0 Å². The average molecular weight is 984 g/mol. The molecule has 0 saturated carbocycles. The van der Waals surface area contributed by atoms with E-state index in [4.69, 9.17) is 0 Å². The highest BCUT2D eigenvalue weighted by Crippen LogP contribution is 2.54. The molecule has 0 fully saturated rings. The second-order valence-electron chi connectivity index (χ2n) is 20.5. The molecule has 1 aliphatic carbocycles. The molecule has 0 spiro atoms. The quantitative estimate of drug-likeness (QED) is 0.123. The van der Waals surface area contributed by atoms with Crippen LogP contribution >= 0.6 is 0 Å². The van der Waals surface area contributed by atoms with E-state index < -0.39 is 8.07 Å². The van der Waals surface area contributed by atoms with Crippen molar-refractivity contribution in [3.05, 3.63) is 320 Å². The topological polar surface area (TPSA) is 3.24 Å². The zero-order valence-electron chi connectivity index (χ0n) is 42.3. The fourth-order valence-electron chi connectivity index (χ4n) is 12.9. The Morgan fingerprint density at radius 3 is 1.34 bits per heavy atom. The van der Waals surface area contributed by atoms with Crippen molar-refractivity contribution in [3.63, 3.8) is 0 Å². The Bertz CT molecular complexity index is 4010. The summed E-state index contributed by atoms with van der Waals surface area (Å²) in [5.41, 5.74) is 21.5. The number of benzene rings is 12. The van der Waals surface area contributed by atoms with Gasteiger partial charge in [0.25, 0.3) is 0 Å². The number of hydrogen-bond donors (Lipinski definition) is 0. The van der Waals surface area contributed by atoms with Gasteiger partial charge in [0.05, 0.1) is 0 Å².